The second-order valence-corrected chi connectivity index (χ2v) is 34.3. The number of ether oxygens (including phenoxy) is 4. The van der Waals surface area contributed by atoms with E-state index in [1.165, 1.54) is 289 Å². The van der Waals surface area contributed by atoms with Gasteiger partial charge in [0.15, 0.2) is 12.2 Å². The SMILES string of the molecule is CCCCCCCCCCCCCCCCCCCCCCC(=O)O[C@H](COC(=O)CCCCCCCCCCCCCCCCCCC(C)C)COP(=O)(O)OC[C@@H](O)COP(=O)(O)OC[C@@H](COC(=O)CCCCCCCCCCC)OC(=O)CCCCCCCCCCCCCCCCCCC. The molecule has 624 valence electrons. The van der Waals surface area contributed by atoms with Gasteiger partial charge in [0.05, 0.1) is 26.4 Å². The standard InChI is InChI=1S/C86H168O17P2/c1-6-9-12-15-18-21-23-25-27-29-30-31-33-39-43-47-52-57-62-67-72-86(91)103-82(76-97-84(89)70-65-60-55-50-45-41-37-35-34-36-40-44-49-53-58-63-68-79(4)5)78-101-105(94,95)99-74-80(87)73-98-104(92,93)100-77-81(75-96-83(88)69-64-59-54-48-20-17-14-11-8-3)102-85(90)71-66-61-56-51-46-42-38-32-28-26-24-22-19-16-13-10-7-2/h79-82,87H,6-78H2,1-5H3,(H,92,93)(H,94,95)/t80-,81+,82+/m0/s1. The van der Waals surface area contributed by atoms with Crippen molar-refractivity contribution in [2.75, 3.05) is 39.6 Å². The van der Waals surface area contributed by atoms with Crippen LogP contribution < -0.4 is 0 Å². The number of esters is 4. The lowest BCUT2D eigenvalue weighted by atomic mass is 10.0. The Morgan fingerprint density at radius 2 is 0.438 bits per heavy atom. The molecule has 0 aliphatic carbocycles. The zero-order valence-electron chi connectivity index (χ0n) is 68.9. The molecular formula is C86H168O17P2. The summed E-state index contributed by atoms with van der Waals surface area (Å²) >= 11 is 0. The van der Waals surface area contributed by atoms with Crippen LogP contribution in [0, 0.1) is 5.92 Å². The van der Waals surface area contributed by atoms with E-state index >= 15 is 0 Å². The third kappa shape index (κ3) is 79.9. The van der Waals surface area contributed by atoms with Crippen LogP contribution >= 0.6 is 15.6 Å². The maximum absolute atomic E-state index is 13.1. The van der Waals surface area contributed by atoms with Gasteiger partial charge in [0.1, 0.15) is 19.3 Å². The number of unbranched alkanes of at least 4 members (excludes halogenated alkanes) is 58. The van der Waals surface area contributed by atoms with Crippen molar-refractivity contribution in [2.24, 2.45) is 5.92 Å². The van der Waals surface area contributed by atoms with Crippen LogP contribution in [-0.2, 0) is 65.4 Å². The Kier molecular flexibility index (Phi) is 77.3. The predicted molar refractivity (Wildman–Crippen MR) is 432 cm³/mol. The molecule has 0 saturated carbocycles. The van der Waals surface area contributed by atoms with E-state index in [9.17, 15) is 43.2 Å². The Morgan fingerprint density at radius 3 is 0.648 bits per heavy atom. The highest BCUT2D eigenvalue weighted by molar-refractivity contribution is 7.47. The van der Waals surface area contributed by atoms with Crippen LogP contribution in [0.3, 0.4) is 0 Å². The molecule has 3 N–H and O–H groups in total. The summed E-state index contributed by atoms with van der Waals surface area (Å²) in [6.07, 6.45) is 72.2. The molecule has 0 saturated heterocycles. The van der Waals surface area contributed by atoms with Gasteiger partial charge in [-0.15, -0.1) is 0 Å². The fourth-order valence-electron chi connectivity index (χ4n) is 13.5. The molecule has 0 bridgehead atoms. The molecule has 0 aliphatic rings. The lowest BCUT2D eigenvalue weighted by molar-refractivity contribution is -0.161. The zero-order valence-corrected chi connectivity index (χ0v) is 70.7. The molecule has 0 rings (SSSR count). The molecule has 105 heavy (non-hydrogen) atoms. The van der Waals surface area contributed by atoms with E-state index in [2.05, 4.69) is 34.6 Å². The van der Waals surface area contributed by atoms with Crippen LogP contribution in [0.1, 0.15) is 465 Å². The van der Waals surface area contributed by atoms with Crippen LogP contribution in [0.2, 0.25) is 0 Å². The minimum absolute atomic E-state index is 0.109. The first-order valence-corrected chi connectivity index (χ1v) is 47.6. The summed E-state index contributed by atoms with van der Waals surface area (Å²) in [5.41, 5.74) is 0. The first-order chi connectivity index (χ1) is 51.0. The lowest BCUT2D eigenvalue weighted by Gasteiger charge is -2.21. The smallest absolute Gasteiger partial charge is 0.462 e. The van der Waals surface area contributed by atoms with E-state index < -0.39 is 97.5 Å². The highest BCUT2D eigenvalue weighted by Gasteiger charge is 2.30. The van der Waals surface area contributed by atoms with Gasteiger partial charge in [-0.3, -0.25) is 37.3 Å². The molecule has 0 aliphatic heterocycles. The second-order valence-electron chi connectivity index (χ2n) is 31.4. The average molecular weight is 1540 g/mol. The molecule has 5 atom stereocenters. The van der Waals surface area contributed by atoms with Crippen LogP contribution in [0.4, 0.5) is 0 Å². The fraction of sp³-hybridized carbons (Fsp3) is 0.953. The van der Waals surface area contributed by atoms with Gasteiger partial charge < -0.3 is 33.8 Å². The Bertz CT molecular complexity index is 2000. The molecule has 17 nitrogen and oxygen atoms in total. The van der Waals surface area contributed by atoms with Crippen molar-refractivity contribution in [1.29, 1.82) is 0 Å². The van der Waals surface area contributed by atoms with Crippen molar-refractivity contribution in [3.05, 3.63) is 0 Å². The number of rotatable bonds is 86. The fourth-order valence-corrected chi connectivity index (χ4v) is 15.1. The third-order valence-corrected chi connectivity index (χ3v) is 22.2. The van der Waals surface area contributed by atoms with Gasteiger partial charge in [-0.25, -0.2) is 9.13 Å². The normalized spacial score (nSPS) is 13.8. The van der Waals surface area contributed by atoms with E-state index in [0.29, 0.717) is 25.7 Å². The molecule has 0 radical (unpaired) electrons. The molecule has 2 unspecified atom stereocenters. The van der Waals surface area contributed by atoms with Crippen LogP contribution in [0.25, 0.3) is 0 Å². The van der Waals surface area contributed by atoms with E-state index in [-0.39, 0.29) is 25.7 Å². The quantitative estimate of drug-likeness (QED) is 0.0222. The molecule has 0 aromatic carbocycles. The van der Waals surface area contributed by atoms with Crippen LogP contribution in [0.5, 0.6) is 0 Å². The van der Waals surface area contributed by atoms with Crippen LogP contribution in [-0.4, -0.2) is 96.7 Å². The Labute approximate surface area is 645 Å². The van der Waals surface area contributed by atoms with Gasteiger partial charge in [0.2, 0.25) is 0 Å². The summed E-state index contributed by atoms with van der Waals surface area (Å²) < 4.78 is 68.9. The number of aliphatic hydroxyl groups excluding tert-OH is 1. The van der Waals surface area contributed by atoms with Crippen molar-refractivity contribution in [2.45, 2.75) is 483 Å². The van der Waals surface area contributed by atoms with E-state index in [1.807, 2.05) is 0 Å². The summed E-state index contributed by atoms with van der Waals surface area (Å²) in [6.45, 7) is 7.38. The summed E-state index contributed by atoms with van der Waals surface area (Å²) in [5, 5.41) is 10.7. The largest absolute Gasteiger partial charge is 0.472 e. The first-order valence-electron chi connectivity index (χ1n) is 44.6. The van der Waals surface area contributed by atoms with Crippen molar-refractivity contribution < 1.29 is 80.2 Å². The molecule has 0 aromatic heterocycles. The number of hydrogen-bond acceptors (Lipinski definition) is 15. The molecular weight excluding hydrogens is 1370 g/mol. The molecule has 0 fully saturated rings. The van der Waals surface area contributed by atoms with Crippen molar-refractivity contribution in [3.63, 3.8) is 0 Å². The Morgan fingerprint density at radius 1 is 0.257 bits per heavy atom. The van der Waals surface area contributed by atoms with Crippen molar-refractivity contribution >= 4 is 39.5 Å². The molecule has 0 aromatic rings. The van der Waals surface area contributed by atoms with Crippen LogP contribution in [0.15, 0.2) is 0 Å². The summed E-state index contributed by atoms with van der Waals surface area (Å²) in [5.74, 6) is -1.29. The second kappa shape index (κ2) is 78.7. The van der Waals surface area contributed by atoms with Gasteiger partial charge >= 0.3 is 39.5 Å². The van der Waals surface area contributed by atoms with Crippen molar-refractivity contribution in [1.82, 2.24) is 0 Å². The van der Waals surface area contributed by atoms with Gasteiger partial charge in [-0.1, -0.05) is 413 Å². The van der Waals surface area contributed by atoms with E-state index in [4.69, 9.17) is 37.0 Å². The summed E-state index contributed by atoms with van der Waals surface area (Å²) in [7, 11) is -9.92. The highest BCUT2D eigenvalue weighted by atomic mass is 31.2. The molecule has 0 amide bonds. The maximum atomic E-state index is 13.1. The van der Waals surface area contributed by atoms with E-state index in [0.717, 1.165) is 95.8 Å². The minimum atomic E-state index is -4.96. The molecule has 0 heterocycles. The topological polar surface area (TPSA) is 237 Å². The predicted octanol–water partition coefficient (Wildman–Crippen LogP) is 26.4. The maximum Gasteiger partial charge on any atom is 0.472 e. The van der Waals surface area contributed by atoms with Gasteiger partial charge in [-0.05, 0) is 31.6 Å². The monoisotopic (exact) mass is 1540 g/mol. The number of hydrogen-bond donors (Lipinski definition) is 3. The Balaban J connectivity index is 5.21. The average Bonchev–Trinajstić information content (AvgIpc) is 0.911. The number of carbonyl (C=O) groups excluding carboxylic acids is 4. The number of carbonyl (C=O) groups is 4. The van der Waals surface area contributed by atoms with Gasteiger partial charge in [-0.2, -0.15) is 0 Å². The molecule has 19 heteroatoms. The molecule has 0 spiro atoms. The van der Waals surface area contributed by atoms with Gasteiger partial charge in [0.25, 0.3) is 0 Å². The number of phosphoric ester groups is 2. The van der Waals surface area contributed by atoms with E-state index in [1.54, 1.807) is 0 Å². The first kappa shape index (κ1) is 103. The number of aliphatic hydroxyl groups is 1. The summed E-state index contributed by atoms with van der Waals surface area (Å²) in [4.78, 5) is 73.2. The number of phosphoric acid groups is 2. The van der Waals surface area contributed by atoms with Crippen molar-refractivity contribution in [3.8, 4) is 0 Å². The lowest BCUT2D eigenvalue weighted by Crippen LogP contribution is -2.30. The zero-order chi connectivity index (χ0) is 76.9. The van der Waals surface area contributed by atoms with Gasteiger partial charge in [0, 0.05) is 25.7 Å². The third-order valence-electron chi connectivity index (χ3n) is 20.3. The summed E-state index contributed by atoms with van der Waals surface area (Å²) in [6, 6.07) is 0. The minimum Gasteiger partial charge on any atom is -0.462 e. The Hall–Kier alpha value is -1.94. The highest BCUT2D eigenvalue weighted by Crippen LogP contribution is 2.45.